The van der Waals surface area contributed by atoms with E-state index in [-0.39, 0.29) is 5.41 Å². The van der Waals surface area contributed by atoms with Crippen molar-refractivity contribution >= 4 is 21.5 Å². The molecule has 8 rings (SSSR count). The average molecular weight is 525 g/mol. The summed E-state index contributed by atoms with van der Waals surface area (Å²) in [5.41, 5.74) is 12.4. The predicted octanol–water partition coefficient (Wildman–Crippen LogP) is 10.1. The van der Waals surface area contributed by atoms with Gasteiger partial charge in [-0.25, -0.2) is 9.97 Å². The van der Waals surface area contributed by atoms with Gasteiger partial charge < -0.3 is 0 Å². The molecular weight excluding hydrogens is 496 g/mol. The van der Waals surface area contributed by atoms with Crippen LogP contribution in [0, 0.1) is 0 Å². The molecule has 1 aromatic heterocycles. The SMILES string of the molecule is CC1(C)c2ccccc2-c2c(-c3c4ccccc4c(-c4ccncn4)c4ccc(-c5ccccc5)cc34)cccc21. The van der Waals surface area contributed by atoms with Crippen molar-refractivity contribution in [2.45, 2.75) is 19.3 Å². The number of hydrogen-bond acceptors (Lipinski definition) is 2. The fraction of sp³-hybridized carbons (Fsp3) is 0.0769. The van der Waals surface area contributed by atoms with E-state index in [2.05, 4.69) is 134 Å². The highest BCUT2D eigenvalue weighted by Gasteiger charge is 2.37. The Morgan fingerprint density at radius 3 is 1.98 bits per heavy atom. The van der Waals surface area contributed by atoms with E-state index in [1.165, 1.54) is 66.1 Å². The molecule has 0 atom stereocenters. The number of fused-ring (bicyclic) bond motifs is 5. The quantitative estimate of drug-likeness (QED) is 0.215. The van der Waals surface area contributed by atoms with Crippen LogP contribution in [0.25, 0.3) is 66.2 Å². The molecule has 6 aromatic carbocycles. The molecule has 0 bridgehead atoms. The lowest BCUT2D eigenvalue weighted by Crippen LogP contribution is -2.14. The molecule has 0 saturated heterocycles. The summed E-state index contributed by atoms with van der Waals surface area (Å²) in [5, 5.41) is 4.85. The summed E-state index contributed by atoms with van der Waals surface area (Å²) in [6.07, 6.45) is 3.48. The third-order valence-corrected chi connectivity index (χ3v) is 8.85. The molecule has 194 valence electrons. The summed E-state index contributed by atoms with van der Waals surface area (Å²) in [5.74, 6) is 0. The fourth-order valence-electron chi connectivity index (χ4n) is 6.96. The second kappa shape index (κ2) is 8.97. The maximum Gasteiger partial charge on any atom is 0.116 e. The third kappa shape index (κ3) is 3.50. The molecule has 41 heavy (non-hydrogen) atoms. The largest absolute Gasteiger partial charge is 0.245 e. The maximum absolute atomic E-state index is 4.73. The Hall–Kier alpha value is -5.08. The summed E-state index contributed by atoms with van der Waals surface area (Å²) in [4.78, 5) is 8.94. The van der Waals surface area contributed by atoms with E-state index >= 15 is 0 Å². The molecule has 1 aliphatic rings. The van der Waals surface area contributed by atoms with Crippen LogP contribution in [0.5, 0.6) is 0 Å². The Kier molecular flexibility index (Phi) is 5.20. The van der Waals surface area contributed by atoms with Gasteiger partial charge in [0.2, 0.25) is 0 Å². The fourth-order valence-corrected chi connectivity index (χ4v) is 6.96. The smallest absolute Gasteiger partial charge is 0.116 e. The summed E-state index contributed by atoms with van der Waals surface area (Å²) < 4.78 is 0. The van der Waals surface area contributed by atoms with Crippen LogP contribution in [-0.4, -0.2) is 9.97 Å². The zero-order chi connectivity index (χ0) is 27.6. The molecule has 1 heterocycles. The molecule has 0 radical (unpaired) electrons. The van der Waals surface area contributed by atoms with E-state index in [0.29, 0.717) is 0 Å². The molecule has 7 aromatic rings. The molecule has 0 fully saturated rings. The van der Waals surface area contributed by atoms with Gasteiger partial charge in [0.25, 0.3) is 0 Å². The van der Waals surface area contributed by atoms with E-state index in [1.807, 2.05) is 12.3 Å². The van der Waals surface area contributed by atoms with Crippen LogP contribution in [0.15, 0.2) is 134 Å². The van der Waals surface area contributed by atoms with Crippen LogP contribution < -0.4 is 0 Å². The average Bonchev–Trinajstić information content (AvgIpc) is 3.27. The van der Waals surface area contributed by atoms with Crippen LogP contribution in [0.3, 0.4) is 0 Å². The molecule has 0 N–H and O–H groups in total. The third-order valence-electron chi connectivity index (χ3n) is 8.85. The minimum Gasteiger partial charge on any atom is -0.245 e. The number of hydrogen-bond donors (Lipinski definition) is 0. The van der Waals surface area contributed by atoms with E-state index in [0.717, 1.165) is 11.3 Å². The van der Waals surface area contributed by atoms with E-state index in [9.17, 15) is 0 Å². The van der Waals surface area contributed by atoms with Crippen LogP contribution in [0.1, 0.15) is 25.0 Å². The van der Waals surface area contributed by atoms with Crippen LogP contribution in [-0.2, 0) is 5.41 Å². The van der Waals surface area contributed by atoms with E-state index in [1.54, 1.807) is 6.33 Å². The summed E-state index contributed by atoms with van der Waals surface area (Å²) >= 11 is 0. The van der Waals surface area contributed by atoms with Gasteiger partial charge in [-0.05, 0) is 78.2 Å². The van der Waals surface area contributed by atoms with Gasteiger partial charge in [-0.2, -0.15) is 0 Å². The second-order valence-corrected chi connectivity index (χ2v) is 11.4. The highest BCUT2D eigenvalue weighted by molar-refractivity contribution is 6.23. The molecule has 0 saturated carbocycles. The maximum atomic E-state index is 4.73. The van der Waals surface area contributed by atoms with Crippen molar-refractivity contribution in [3.63, 3.8) is 0 Å². The van der Waals surface area contributed by atoms with Gasteiger partial charge in [0.15, 0.2) is 0 Å². The Morgan fingerprint density at radius 2 is 1.17 bits per heavy atom. The number of benzene rings is 6. The molecule has 0 unspecified atom stereocenters. The van der Waals surface area contributed by atoms with Gasteiger partial charge in [-0.3, -0.25) is 0 Å². The monoisotopic (exact) mass is 524 g/mol. The van der Waals surface area contributed by atoms with E-state index in [4.69, 9.17) is 4.98 Å². The minimum absolute atomic E-state index is 0.0658. The Balaban J connectivity index is 1.56. The van der Waals surface area contributed by atoms with Crippen LogP contribution in [0.2, 0.25) is 0 Å². The van der Waals surface area contributed by atoms with Crippen molar-refractivity contribution in [2.75, 3.05) is 0 Å². The lowest BCUT2D eigenvalue weighted by Gasteiger charge is -2.22. The highest BCUT2D eigenvalue weighted by Crippen LogP contribution is 2.54. The van der Waals surface area contributed by atoms with Crippen LogP contribution >= 0.6 is 0 Å². The summed E-state index contributed by atoms with van der Waals surface area (Å²) in [6, 6.07) is 44.2. The predicted molar refractivity (Wildman–Crippen MR) is 171 cm³/mol. The minimum atomic E-state index is -0.0658. The van der Waals surface area contributed by atoms with Crippen molar-refractivity contribution in [1.82, 2.24) is 9.97 Å². The number of aromatic nitrogens is 2. The van der Waals surface area contributed by atoms with Gasteiger partial charge in [0.05, 0.1) is 5.69 Å². The molecular formula is C39H28N2. The lowest BCUT2D eigenvalue weighted by molar-refractivity contribution is 0.660. The van der Waals surface area contributed by atoms with Gasteiger partial charge in [-0.1, -0.05) is 123 Å². The first kappa shape index (κ1) is 23.8. The summed E-state index contributed by atoms with van der Waals surface area (Å²) in [7, 11) is 0. The van der Waals surface area contributed by atoms with Gasteiger partial charge >= 0.3 is 0 Å². The Labute approximate surface area is 240 Å². The number of rotatable bonds is 3. The number of nitrogens with zero attached hydrogens (tertiary/aromatic N) is 2. The molecule has 0 aliphatic heterocycles. The molecule has 1 aliphatic carbocycles. The second-order valence-electron chi connectivity index (χ2n) is 11.4. The standard InChI is InChI=1S/C39H28N2/c1-39(2)33-17-9-8-15-30(33)37-31(16-10-18-34(37)39)36-27-13-6-7-14-28(27)38(35-21-22-40-24-41-35)29-20-19-26(23-32(29)36)25-11-4-3-5-12-25/h3-24H,1-2H3. The van der Waals surface area contributed by atoms with Crippen LogP contribution in [0.4, 0.5) is 0 Å². The van der Waals surface area contributed by atoms with Gasteiger partial charge in [0, 0.05) is 17.2 Å². The van der Waals surface area contributed by atoms with Crippen molar-refractivity contribution in [2.24, 2.45) is 0 Å². The first-order valence-corrected chi connectivity index (χ1v) is 14.2. The highest BCUT2D eigenvalue weighted by atomic mass is 14.8. The molecule has 0 amide bonds. The Bertz CT molecular complexity index is 2110. The van der Waals surface area contributed by atoms with Gasteiger partial charge in [-0.15, -0.1) is 0 Å². The molecule has 0 spiro atoms. The van der Waals surface area contributed by atoms with Gasteiger partial charge in [0.1, 0.15) is 6.33 Å². The summed E-state index contributed by atoms with van der Waals surface area (Å²) in [6.45, 7) is 4.70. The topological polar surface area (TPSA) is 25.8 Å². The zero-order valence-electron chi connectivity index (χ0n) is 23.1. The first-order valence-electron chi connectivity index (χ1n) is 14.2. The van der Waals surface area contributed by atoms with Crippen molar-refractivity contribution < 1.29 is 0 Å². The first-order chi connectivity index (χ1) is 20.1. The van der Waals surface area contributed by atoms with Crippen molar-refractivity contribution in [3.05, 3.63) is 145 Å². The lowest BCUT2D eigenvalue weighted by atomic mass is 9.80. The van der Waals surface area contributed by atoms with Crippen molar-refractivity contribution in [1.29, 1.82) is 0 Å². The molecule has 2 heteroatoms. The normalized spacial score (nSPS) is 13.3. The van der Waals surface area contributed by atoms with Crippen molar-refractivity contribution in [3.8, 4) is 44.6 Å². The zero-order valence-corrected chi connectivity index (χ0v) is 23.1. The Morgan fingerprint density at radius 1 is 0.488 bits per heavy atom. The van der Waals surface area contributed by atoms with E-state index < -0.39 is 0 Å². The molecule has 2 nitrogen and oxygen atoms in total.